The number of amides is 1. The van der Waals surface area contributed by atoms with Crippen LogP contribution in [-0.2, 0) is 9.53 Å². The topological polar surface area (TPSA) is 55.6 Å². The van der Waals surface area contributed by atoms with Crippen molar-refractivity contribution >= 4 is 5.91 Å². The van der Waals surface area contributed by atoms with Crippen molar-refractivity contribution in [1.82, 2.24) is 4.90 Å². The van der Waals surface area contributed by atoms with Gasteiger partial charge in [0.25, 0.3) is 0 Å². The second-order valence-electron chi connectivity index (χ2n) is 4.98. The molecule has 92 valence electrons. The van der Waals surface area contributed by atoms with Crippen molar-refractivity contribution in [3.63, 3.8) is 0 Å². The minimum absolute atomic E-state index is 0.0783. The summed E-state index contributed by atoms with van der Waals surface area (Å²) in [6.07, 6.45) is 4.23. The molecule has 0 bridgehead atoms. The summed E-state index contributed by atoms with van der Waals surface area (Å²) in [6, 6.07) is 0.590. The van der Waals surface area contributed by atoms with Crippen molar-refractivity contribution in [2.45, 2.75) is 44.7 Å². The van der Waals surface area contributed by atoms with Crippen molar-refractivity contribution in [3.8, 4) is 0 Å². The summed E-state index contributed by atoms with van der Waals surface area (Å²) in [4.78, 5) is 14.4. The van der Waals surface area contributed by atoms with E-state index in [0.717, 1.165) is 25.9 Å². The zero-order valence-corrected chi connectivity index (χ0v) is 10.0. The summed E-state index contributed by atoms with van der Waals surface area (Å²) < 4.78 is 5.29. The zero-order chi connectivity index (χ0) is 11.5. The lowest BCUT2D eigenvalue weighted by Crippen LogP contribution is -2.53. The normalized spacial score (nSPS) is 35.4. The number of piperidine rings is 1. The maximum absolute atomic E-state index is 12.4. The first kappa shape index (κ1) is 11.9. The minimum Gasteiger partial charge on any atom is -0.381 e. The molecule has 2 saturated heterocycles. The monoisotopic (exact) mass is 226 g/mol. The maximum Gasteiger partial charge on any atom is 0.228 e. The molecule has 0 aromatic heterocycles. The third kappa shape index (κ3) is 2.23. The number of carbonyl (C=O) groups excluding carboxylic acids is 1. The second-order valence-corrected chi connectivity index (χ2v) is 4.98. The fraction of sp³-hybridized carbons (Fsp3) is 0.917. The van der Waals surface area contributed by atoms with E-state index in [4.69, 9.17) is 10.5 Å². The molecule has 0 aromatic rings. The highest BCUT2D eigenvalue weighted by Gasteiger charge is 2.36. The second kappa shape index (κ2) is 5.15. The van der Waals surface area contributed by atoms with Crippen LogP contribution < -0.4 is 5.73 Å². The van der Waals surface area contributed by atoms with Gasteiger partial charge in [-0.25, -0.2) is 0 Å². The van der Waals surface area contributed by atoms with Gasteiger partial charge in [0.1, 0.15) is 0 Å². The number of ether oxygens (including phenoxy) is 1. The van der Waals surface area contributed by atoms with Crippen molar-refractivity contribution in [2.24, 2.45) is 11.7 Å². The van der Waals surface area contributed by atoms with E-state index in [1.807, 2.05) is 4.90 Å². The molecule has 2 heterocycles. The summed E-state index contributed by atoms with van der Waals surface area (Å²) in [6.45, 7) is 4.05. The van der Waals surface area contributed by atoms with Gasteiger partial charge in [0.05, 0.1) is 12.5 Å². The lowest BCUT2D eigenvalue weighted by molar-refractivity contribution is -0.142. The Morgan fingerprint density at radius 3 is 2.88 bits per heavy atom. The average molecular weight is 226 g/mol. The van der Waals surface area contributed by atoms with Crippen LogP contribution in [0.2, 0.25) is 0 Å². The van der Waals surface area contributed by atoms with E-state index in [1.165, 1.54) is 6.42 Å². The SMILES string of the molecule is CC1CCCC(CN)N1C(=O)C1CCOC1. The summed E-state index contributed by atoms with van der Waals surface area (Å²) in [7, 11) is 0. The Kier molecular flexibility index (Phi) is 3.82. The molecule has 2 N–H and O–H groups in total. The lowest BCUT2D eigenvalue weighted by Gasteiger charge is -2.41. The smallest absolute Gasteiger partial charge is 0.228 e. The molecule has 0 radical (unpaired) electrons. The zero-order valence-electron chi connectivity index (χ0n) is 10.0. The highest BCUT2D eigenvalue weighted by atomic mass is 16.5. The van der Waals surface area contributed by atoms with Crippen LogP contribution in [0.5, 0.6) is 0 Å². The van der Waals surface area contributed by atoms with Gasteiger partial charge >= 0.3 is 0 Å². The molecule has 16 heavy (non-hydrogen) atoms. The summed E-state index contributed by atoms with van der Waals surface area (Å²) in [5.41, 5.74) is 5.77. The Balaban J connectivity index is 2.05. The Bertz CT molecular complexity index is 251. The van der Waals surface area contributed by atoms with E-state index in [0.29, 0.717) is 19.2 Å². The molecule has 0 spiro atoms. The third-order valence-electron chi connectivity index (χ3n) is 3.83. The number of hydrogen-bond acceptors (Lipinski definition) is 3. The van der Waals surface area contributed by atoms with Crippen LogP contribution in [0, 0.1) is 5.92 Å². The van der Waals surface area contributed by atoms with Crippen molar-refractivity contribution in [1.29, 1.82) is 0 Å². The largest absolute Gasteiger partial charge is 0.381 e. The molecule has 3 unspecified atom stereocenters. The number of nitrogens with zero attached hydrogens (tertiary/aromatic N) is 1. The molecule has 4 nitrogen and oxygen atoms in total. The van der Waals surface area contributed by atoms with Crippen molar-refractivity contribution in [3.05, 3.63) is 0 Å². The highest BCUT2D eigenvalue weighted by Crippen LogP contribution is 2.26. The Labute approximate surface area is 97.1 Å². The van der Waals surface area contributed by atoms with Gasteiger partial charge in [-0.15, -0.1) is 0 Å². The Hall–Kier alpha value is -0.610. The fourth-order valence-electron chi connectivity index (χ4n) is 2.86. The van der Waals surface area contributed by atoms with Crippen LogP contribution in [0.25, 0.3) is 0 Å². The first-order valence-corrected chi connectivity index (χ1v) is 6.34. The maximum atomic E-state index is 12.4. The summed E-state index contributed by atoms with van der Waals surface area (Å²) >= 11 is 0. The molecule has 2 aliphatic rings. The van der Waals surface area contributed by atoms with Gasteiger partial charge in [0.2, 0.25) is 5.91 Å². The molecule has 2 aliphatic heterocycles. The molecule has 3 atom stereocenters. The van der Waals surface area contributed by atoms with E-state index in [-0.39, 0.29) is 17.9 Å². The first-order valence-electron chi connectivity index (χ1n) is 6.34. The minimum atomic E-state index is 0.0783. The number of likely N-dealkylation sites (tertiary alicyclic amines) is 1. The molecule has 0 aromatic carbocycles. The van der Waals surface area contributed by atoms with Crippen molar-refractivity contribution in [2.75, 3.05) is 19.8 Å². The van der Waals surface area contributed by atoms with Gasteiger partial charge in [0.15, 0.2) is 0 Å². The van der Waals surface area contributed by atoms with Crippen LogP contribution in [-0.4, -0.2) is 42.6 Å². The standard InChI is InChI=1S/C12H22N2O2/c1-9-3-2-4-11(7-13)14(9)12(15)10-5-6-16-8-10/h9-11H,2-8,13H2,1H3. The molecule has 4 heteroatoms. The van der Waals surface area contributed by atoms with Crippen LogP contribution in [0.15, 0.2) is 0 Å². The van der Waals surface area contributed by atoms with E-state index < -0.39 is 0 Å². The van der Waals surface area contributed by atoms with Gasteiger partial charge in [-0.3, -0.25) is 4.79 Å². The van der Waals surface area contributed by atoms with Gasteiger partial charge in [-0.1, -0.05) is 0 Å². The van der Waals surface area contributed by atoms with E-state index in [1.54, 1.807) is 0 Å². The average Bonchev–Trinajstić information content (AvgIpc) is 2.81. The van der Waals surface area contributed by atoms with Gasteiger partial charge in [-0.05, 0) is 32.6 Å². The fourth-order valence-corrected chi connectivity index (χ4v) is 2.86. The predicted octanol–water partition coefficient (Wildman–Crippen LogP) is 0.751. The third-order valence-corrected chi connectivity index (χ3v) is 3.83. The number of carbonyl (C=O) groups is 1. The summed E-state index contributed by atoms with van der Waals surface area (Å²) in [5, 5.41) is 0. The molecule has 0 aliphatic carbocycles. The molecule has 2 fully saturated rings. The van der Waals surface area contributed by atoms with Gasteiger partial charge in [-0.2, -0.15) is 0 Å². The van der Waals surface area contributed by atoms with Gasteiger partial charge < -0.3 is 15.4 Å². The molecular formula is C12H22N2O2. The van der Waals surface area contributed by atoms with E-state index in [9.17, 15) is 4.79 Å². The predicted molar refractivity (Wildman–Crippen MR) is 61.9 cm³/mol. The quantitative estimate of drug-likeness (QED) is 0.756. The van der Waals surface area contributed by atoms with Gasteiger partial charge in [0, 0.05) is 25.2 Å². The lowest BCUT2D eigenvalue weighted by atomic mass is 9.94. The molecule has 1 amide bonds. The van der Waals surface area contributed by atoms with Crippen LogP contribution in [0.4, 0.5) is 0 Å². The number of nitrogens with two attached hydrogens (primary N) is 1. The highest BCUT2D eigenvalue weighted by molar-refractivity contribution is 5.80. The van der Waals surface area contributed by atoms with E-state index >= 15 is 0 Å². The Morgan fingerprint density at radius 1 is 1.44 bits per heavy atom. The summed E-state index contributed by atoms with van der Waals surface area (Å²) in [5.74, 6) is 0.342. The van der Waals surface area contributed by atoms with Crippen LogP contribution in [0.3, 0.4) is 0 Å². The van der Waals surface area contributed by atoms with E-state index in [2.05, 4.69) is 6.92 Å². The van der Waals surface area contributed by atoms with Crippen molar-refractivity contribution < 1.29 is 9.53 Å². The Morgan fingerprint density at radius 2 is 2.25 bits per heavy atom. The first-order chi connectivity index (χ1) is 7.74. The number of rotatable bonds is 2. The molecular weight excluding hydrogens is 204 g/mol. The van der Waals surface area contributed by atoms with Crippen LogP contribution in [0.1, 0.15) is 32.6 Å². The molecule has 2 rings (SSSR count). The number of hydrogen-bond donors (Lipinski definition) is 1. The van der Waals surface area contributed by atoms with Crippen LogP contribution >= 0.6 is 0 Å². The molecule has 0 saturated carbocycles.